The largest absolute Gasteiger partial charge is 0.341 e. The van der Waals surface area contributed by atoms with Crippen molar-refractivity contribution in [3.05, 3.63) is 119 Å². The molecule has 5 rings (SSSR count). The van der Waals surface area contributed by atoms with Gasteiger partial charge in [-0.2, -0.15) is 0 Å². The van der Waals surface area contributed by atoms with E-state index < -0.39 is 11.6 Å². The number of carbonyl (C=O) groups is 2. The number of aromatic nitrogens is 1. The van der Waals surface area contributed by atoms with Crippen molar-refractivity contribution < 1.29 is 18.4 Å². The minimum absolute atomic E-state index is 0.201. The van der Waals surface area contributed by atoms with E-state index in [1.54, 1.807) is 12.1 Å². The maximum absolute atomic E-state index is 13.3. The van der Waals surface area contributed by atoms with Gasteiger partial charge in [-0.1, -0.05) is 0 Å². The molecule has 3 nitrogen and oxygen atoms in total. The van der Waals surface area contributed by atoms with Crippen LogP contribution < -0.4 is 0 Å². The van der Waals surface area contributed by atoms with E-state index in [1.165, 1.54) is 48.5 Å². The van der Waals surface area contributed by atoms with Crippen molar-refractivity contribution in [2.45, 2.75) is 13.5 Å². The summed E-state index contributed by atoms with van der Waals surface area (Å²) in [5, 5.41) is 1.71. The molecule has 0 unspecified atom stereocenters. The molecule has 0 saturated heterocycles. The van der Waals surface area contributed by atoms with E-state index in [0.29, 0.717) is 22.3 Å². The lowest BCUT2D eigenvalue weighted by atomic mass is 9.99. The summed E-state index contributed by atoms with van der Waals surface area (Å²) >= 11 is 0. The summed E-state index contributed by atoms with van der Waals surface area (Å²) < 4.78 is 28.7. The Bertz CT molecular complexity index is 1420. The fourth-order valence-electron chi connectivity index (χ4n) is 4.26. The number of fused-ring (bicyclic) bond motifs is 3. The quantitative estimate of drug-likeness (QED) is 0.291. The first-order valence-electron chi connectivity index (χ1n) is 10.6. The molecule has 0 fully saturated rings. The van der Waals surface area contributed by atoms with E-state index >= 15 is 0 Å². The summed E-state index contributed by atoms with van der Waals surface area (Å²) in [5.41, 5.74) is 3.69. The zero-order chi connectivity index (χ0) is 23.1. The average Bonchev–Trinajstić information content (AvgIpc) is 3.16. The van der Waals surface area contributed by atoms with Crippen LogP contribution in [0.3, 0.4) is 0 Å². The van der Waals surface area contributed by atoms with Gasteiger partial charge < -0.3 is 4.57 Å². The lowest BCUT2D eigenvalue weighted by Gasteiger charge is -2.05. The third kappa shape index (κ3) is 3.61. The molecule has 0 aliphatic carbocycles. The molecular weight excluding hydrogens is 420 g/mol. The molecule has 4 aromatic carbocycles. The van der Waals surface area contributed by atoms with Crippen LogP contribution in [0, 0.1) is 11.6 Å². The van der Waals surface area contributed by atoms with Crippen LogP contribution in [0.15, 0.2) is 84.9 Å². The van der Waals surface area contributed by atoms with Gasteiger partial charge >= 0.3 is 0 Å². The Morgan fingerprint density at radius 2 is 0.970 bits per heavy atom. The van der Waals surface area contributed by atoms with Gasteiger partial charge in [0.2, 0.25) is 0 Å². The number of ketones is 2. The highest BCUT2D eigenvalue weighted by atomic mass is 19.1. The van der Waals surface area contributed by atoms with Gasteiger partial charge in [-0.3, -0.25) is 9.59 Å². The zero-order valence-corrected chi connectivity index (χ0v) is 17.8. The fourth-order valence-corrected chi connectivity index (χ4v) is 4.26. The predicted molar refractivity (Wildman–Crippen MR) is 125 cm³/mol. The number of halogens is 2. The first-order valence-corrected chi connectivity index (χ1v) is 10.6. The molecule has 162 valence electrons. The Balaban J connectivity index is 1.65. The molecule has 0 N–H and O–H groups in total. The highest BCUT2D eigenvalue weighted by Crippen LogP contribution is 2.32. The summed E-state index contributed by atoms with van der Waals surface area (Å²) in [5.74, 6) is -1.20. The first-order chi connectivity index (χ1) is 16.0. The van der Waals surface area contributed by atoms with Crippen LogP contribution in [0.4, 0.5) is 8.78 Å². The minimum Gasteiger partial charge on any atom is -0.341 e. The molecule has 0 radical (unpaired) electrons. The molecule has 0 aliphatic heterocycles. The Kier molecular flexibility index (Phi) is 5.09. The number of carbonyl (C=O) groups excluding carboxylic acids is 2. The Labute approximate surface area is 188 Å². The van der Waals surface area contributed by atoms with Crippen molar-refractivity contribution >= 4 is 33.4 Å². The maximum Gasteiger partial charge on any atom is 0.193 e. The summed E-state index contributed by atoms with van der Waals surface area (Å²) in [6, 6.07) is 21.9. The molecule has 33 heavy (non-hydrogen) atoms. The molecule has 0 aliphatic rings. The van der Waals surface area contributed by atoms with Crippen LogP contribution in [0.5, 0.6) is 0 Å². The van der Waals surface area contributed by atoms with E-state index in [0.717, 1.165) is 28.4 Å². The first kappa shape index (κ1) is 20.8. The molecule has 5 heteroatoms. The van der Waals surface area contributed by atoms with Crippen LogP contribution in [0.1, 0.15) is 38.8 Å². The number of rotatable bonds is 5. The number of nitrogens with zero attached hydrogens (tertiary/aromatic N) is 1. The Morgan fingerprint density at radius 3 is 1.33 bits per heavy atom. The topological polar surface area (TPSA) is 39.1 Å². The van der Waals surface area contributed by atoms with Gasteiger partial charge in [0.25, 0.3) is 0 Å². The number of hydrogen-bond acceptors (Lipinski definition) is 2. The Morgan fingerprint density at radius 1 is 0.606 bits per heavy atom. The average molecular weight is 439 g/mol. The fraction of sp³-hybridized carbons (Fsp3) is 0.0714. The smallest absolute Gasteiger partial charge is 0.193 e. The molecule has 0 spiro atoms. The lowest BCUT2D eigenvalue weighted by molar-refractivity contribution is 0.103. The van der Waals surface area contributed by atoms with E-state index in [4.69, 9.17) is 0 Å². The SMILES string of the molecule is CCn1c2ccc(C(=O)c3ccc(F)cc3)cc2c2cc(C(=O)c3ccc(F)cc3)ccc21. The molecule has 0 amide bonds. The molecule has 1 aromatic heterocycles. The number of aryl methyl sites for hydroxylation is 1. The van der Waals surface area contributed by atoms with Gasteiger partial charge in [-0.05, 0) is 91.9 Å². The summed E-state index contributed by atoms with van der Waals surface area (Å²) in [7, 11) is 0. The maximum atomic E-state index is 13.3. The van der Waals surface area contributed by atoms with E-state index in [9.17, 15) is 18.4 Å². The second kappa shape index (κ2) is 8.10. The third-order valence-corrected chi connectivity index (χ3v) is 5.92. The molecule has 0 bridgehead atoms. The number of hydrogen-bond donors (Lipinski definition) is 0. The van der Waals surface area contributed by atoms with Crippen molar-refractivity contribution in [3.63, 3.8) is 0 Å². The second-order valence-electron chi connectivity index (χ2n) is 7.88. The van der Waals surface area contributed by atoms with Gasteiger partial charge in [0.05, 0.1) is 0 Å². The summed E-state index contributed by atoms with van der Waals surface area (Å²) in [6.45, 7) is 2.75. The van der Waals surface area contributed by atoms with E-state index in [-0.39, 0.29) is 11.6 Å². The van der Waals surface area contributed by atoms with Gasteiger partial charge in [0.15, 0.2) is 11.6 Å². The van der Waals surface area contributed by atoms with E-state index in [2.05, 4.69) is 4.57 Å². The predicted octanol–water partition coefficient (Wildman–Crippen LogP) is 6.55. The molecular formula is C28H19F2NO2. The normalized spacial score (nSPS) is 11.2. The van der Waals surface area contributed by atoms with E-state index in [1.807, 2.05) is 31.2 Å². The molecule has 1 heterocycles. The second-order valence-corrected chi connectivity index (χ2v) is 7.88. The van der Waals surface area contributed by atoms with Crippen LogP contribution in [-0.2, 0) is 6.54 Å². The molecule has 5 aromatic rings. The summed E-state index contributed by atoms with van der Waals surface area (Å²) in [6.07, 6.45) is 0. The van der Waals surface area contributed by atoms with Crippen molar-refractivity contribution in [1.29, 1.82) is 0 Å². The Hall–Kier alpha value is -4.12. The van der Waals surface area contributed by atoms with Gasteiger partial charge in [0.1, 0.15) is 11.6 Å². The van der Waals surface area contributed by atoms with Crippen molar-refractivity contribution in [2.24, 2.45) is 0 Å². The highest BCUT2D eigenvalue weighted by molar-refractivity contribution is 6.17. The van der Waals surface area contributed by atoms with Gasteiger partial charge in [-0.15, -0.1) is 0 Å². The van der Waals surface area contributed by atoms with Gasteiger partial charge in [0, 0.05) is 50.6 Å². The minimum atomic E-state index is -0.397. The van der Waals surface area contributed by atoms with Crippen molar-refractivity contribution in [1.82, 2.24) is 4.57 Å². The molecule has 0 atom stereocenters. The standard InChI is InChI=1S/C28H19F2NO2/c1-2-31-25-13-7-19(27(32)17-3-9-21(29)10-4-17)15-23(25)24-16-20(8-14-26(24)31)28(33)18-5-11-22(30)12-6-18/h3-16H,2H2,1H3. The zero-order valence-electron chi connectivity index (χ0n) is 17.8. The van der Waals surface area contributed by atoms with Crippen molar-refractivity contribution in [2.75, 3.05) is 0 Å². The molecule has 0 saturated carbocycles. The van der Waals surface area contributed by atoms with Crippen LogP contribution in [0.2, 0.25) is 0 Å². The summed E-state index contributed by atoms with van der Waals surface area (Å²) in [4.78, 5) is 26.0. The van der Waals surface area contributed by atoms with Crippen LogP contribution in [0.25, 0.3) is 21.8 Å². The lowest BCUT2D eigenvalue weighted by Crippen LogP contribution is -2.01. The van der Waals surface area contributed by atoms with Gasteiger partial charge in [-0.25, -0.2) is 8.78 Å². The number of benzene rings is 4. The monoisotopic (exact) mass is 439 g/mol. The third-order valence-electron chi connectivity index (χ3n) is 5.92. The highest BCUT2D eigenvalue weighted by Gasteiger charge is 2.17. The van der Waals surface area contributed by atoms with Crippen LogP contribution >= 0.6 is 0 Å². The van der Waals surface area contributed by atoms with Crippen LogP contribution in [-0.4, -0.2) is 16.1 Å². The van der Waals surface area contributed by atoms with Crippen molar-refractivity contribution in [3.8, 4) is 0 Å².